The SMILES string of the molecule is CSC(=N)c1cc(C)cc(C(F)(F)F)c1. The standard InChI is InChI=1S/C10H10F3NS/c1-6-3-7(9(14)15-2)5-8(4-6)10(11,12)13/h3-5,14H,1-2H3. The fourth-order valence-electron chi connectivity index (χ4n) is 1.20. The number of benzene rings is 1. The van der Waals surface area contributed by atoms with Gasteiger partial charge in [-0.1, -0.05) is 0 Å². The summed E-state index contributed by atoms with van der Waals surface area (Å²) < 4.78 is 37.3. The molecule has 0 fully saturated rings. The largest absolute Gasteiger partial charge is 0.416 e. The quantitative estimate of drug-likeness (QED) is 0.580. The number of hydrogen-bond acceptors (Lipinski definition) is 2. The monoisotopic (exact) mass is 233 g/mol. The minimum atomic E-state index is -4.35. The third-order valence-electron chi connectivity index (χ3n) is 1.87. The van der Waals surface area contributed by atoms with Crippen LogP contribution in [0.5, 0.6) is 0 Å². The summed E-state index contributed by atoms with van der Waals surface area (Å²) in [6.07, 6.45) is -2.68. The lowest BCUT2D eigenvalue weighted by molar-refractivity contribution is -0.137. The molecule has 0 amide bonds. The summed E-state index contributed by atoms with van der Waals surface area (Å²) in [5.74, 6) is 0. The van der Waals surface area contributed by atoms with Crippen LogP contribution in [0.2, 0.25) is 0 Å². The van der Waals surface area contributed by atoms with E-state index in [1.165, 1.54) is 0 Å². The Hall–Kier alpha value is -0.970. The van der Waals surface area contributed by atoms with Crippen molar-refractivity contribution in [1.82, 2.24) is 0 Å². The maximum atomic E-state index is 12.4. The molecule has 0 aliphatic carbocycles. The molecule has 1 rings (SSSR count). The number of halogens is 3. The first-order valence-electron chi connectivity index (χ1n) is 4.16. The average molecular weight is 233 g/mol. The molecule has 0 saturated carbocycles. The van der Waals surface area contributed by atoms with Crippen LogP contribution >= 0.6 is 11.8 Å². The van der Waals surface area contributed by atoms with E-state index in [-0.39, 0.29) is 5.04 Å². The van der Waals surface area contributed by atoms with Gasteiger partial charge >= 0.3 is 6.18 Å². The predicted molar refractivity (Wildman–Crippen MR) is 56.5 cm³/mol. The lowest BCUT2D eigenvalue weighted by Crippen LogP contribution is -2.07. The van der Waals surface area contributed by atoms with Crippen molar-refractivity contribution in [3.05, 3.63) is 34.9 Å². The highest BCUT2D eigenvalue weighted by atomic mass is 32.2. The first-order valence-corrected chi connectivity index (χ1v) is 5.39. The molecule has 1 nitrogen and oxygen atoms in total. The van der Waals surface area contributed by atoms with E-state index in [4.69, 9.17) is 5.41 Å². The van der Waals surface area contributed by atoms with Gasteiger partial charge < -0.3 is 0 Å². The van der Waals surface area contributed by atoms with Crippen molar-refractivity contribution >= 4 is 16.8 Å². The zero-order chi connectivity index (χ0) is 11.6. The van der Waals surface area contributed by atoms with Gasteiger partial charge in [-0.25, -0.2) is 0 Å². The molecule has 82 valence electrons. The van der Waals surface area contributed by atoms with Gasteiger partial charge in [-0.05, 0) is 36.9 Å². The van der Waals surface area contributed by atoms with Crippen molar-refractivity contribution in [1.29, 1.82) is 5.41 Å². The van der Waals surface area contributed by atoms with E-state index in [0.29, 0.717) is 11.1 Å². The fraction of sp³-hybridized carbons (Fsp3) is 0.300. The van der Waals surface area contributed by atoms with Gasteiger partial charge in [-0.2, -0.15) is 13.2 Å². The lowest BCUT2D eigenvalue weighted by Gasteiger charge is -2.10. The molecule has 0 unspecified atom stereocenters. The van der Waals surface area contributed by atoms with Gasteiger partial charge in [0.1, 0.15) is 0 Å². The number of aryl methyl sites for hydroxylation is 1. The Bertz CT molecular complexity index is 385. The van der Waals surface area contributed by atoms with Crippen LogP contribution < -0.4 is 0 Å². The van der Waals surface area contributed by atoms with E-state index in [0.717, 1.165) is 23.9 Å². The Labute approximate surface area is 90.2 Å². The maximum Gasteiger partial charge on any atom is 0.416 e. The number of nitrogens with one attached hydrogen (secondary N) is 1. The summed E-state index contributed by atoms with van der Waals surface area (Å²) in [4.78, 5) is 0. The third kappa shape index (κ3) is 2.99. The lowest BCUT2D eigenvalue weighted by atomic mass is 10.1. The Balaban J connectivity index is 3.23. The van der Waals surface area contributed by atoms with Gasteiger partial charge in [0.2, 0.25) is 0 Å². The first kappa shape index (κ1) is 12.1. The second-order valence-electron chi connectivity index (χ2n) is 3.12. The van der Waals surface area contributed by atoms with E-state index in [9.17, 15) is 13.2 Å². The van der Waals surface area contributed by atoms with Crippen LogP contribution in [0.1, 0.15) is 16.7 Å². The molecule has 0 spiro atoms. The van der Waals surface area contributed by atoms with E-state index in [1.54, 1.807) is 19.2 Å². The molecule has 0 saturated heterocycles. The van der Waals surface area contributed by atoms with Gasteiger partial charge in [-0.3, -0.25) is 5.41 Å². The predicted octanol–water partition coefficient (Wildman–Crippen LogP) is 3.70. The van der Waals surface area contributed by atoms with Crippen LogP contribution in [-0.4, -0.2) is 11.3 Å². The molecule has 0 aliphatic rings. The van der Waals surface area contributed by atoms with Gasteiger partial charge in [0.05, 0.1) is 10.6 Å². The van der Waals surface area contributed by atoms with Crippen molar-refractivity contribution in [2.45, 2.75) is 13.1 Å². The Kier molecular flexibility index (Phi) is 3.44. The fourth-order valence-corrected chi connectivity index (χ4v) is 1.55. The summed E-state index contributed by atoms with van der Waals surface area (Å²) in [5, 5.41) is 7.61. The molecule has 0 aromatic heterocycles. The molecule has 0 radical (unpaired) electrons. The van der Waals surface area contributed by atoms with Crippen LogP contribution in [0.4, 0.5) is 13.2 Å². The number of thioether (sulfide) groups is 1. The summed E-state index contributed by atoms with van der Waals surface area (Å²) in [6, 6.07) is 3.66. The van der Waals surface area contributed by atoms with Crippen LogP contribution in [0.3, 0.4) is 0 Å². The molecule has 0 atom stereocenters. The van der Waals surface area contributed by atoms with Gasteiger partial charge in [0.15, 0.2) is 0 Å². The summed E-state index contributed by atoms with van der Waals surface area (Å²) in [5.41, 5.74) is 0.129. The molecule has 1 N–H and O–H groups in total. The summed E-state index contributed by atoms with van der Waals surface area (Å²) in [7, 11) is 0. The highest BCUT2D eigenvalue weighted by Gasteiger charge is 2.31. The van der Waals surface area contributed by atoms with Crippen molar-refractivity contribution in [3.63, 3.8) is 0 Å². The van der Waals surface area contributed by atoms with E-state index in [2.05, 4.69) is 0 Å². The van der Waals surface area contributed by atoms with Gasteiger partial charge in [-0.15, -0.1) is 11.8 Å². The zero-order valence-corrected chi connectivity index (χ0v) is 9.09. The van der Waals surface area contributed by atoms with E-state index in [1.807, 2.05) is 0 Å². The van der Waals surface area contributed by atoms with Crippen molar-refractivity contribution in [3.8, 4) is 0 Å². The molecule has 0 aliphatic heterocycles. The number of alkyl halides is 3. The second kappa shape index (κ2) is 4.26. The van der Waals surface area contributed by atoms with Gasteiger partial charge in [0, 0.05) is 5.56 Å². The van der Waals surface area contributed by atoms with Crippen LogP contribution in [0.25, 0.3) is 0 Å². The van der Waals surface area contributed by atoms with Crippen molar-refractivity contribution < 1.29 is 13.2 Å². The molecular formula is C10H10F3NS. The molecule has 0 bridgehead atoms. The highest BCUT2D eigenvalue weighted by Crippen LogP contribution is 2.31. The Morgan fingerprint density at radius 1 is 1.27 bits per heavy atom. The minimum absolute atomic E-state index is 0.143. The molecule has 5 heteroatoms. The average Bonchev–Trinajstić information content (AvgIpc) is 2.14. The topological polar surface area (TPSA) is 23.9 Å². The number of rotatable bonds is 1. The number of hydrogen-bond donors (Lipinski definition) is 1. The Morgan fingerprint density at radius 3 is 2.33 bits per heavy atom. The van der Waals surface area contributed by atoms with Gasteiger partial charge in [0.25, 0.3) is 0 Å². The van der Waals surface area contributed by atoms with Crippen molar-refractivity contribution in [2.24, 2.45) is 0 Å². The van der Waals surface area contributed by atoms with Crippen LogP contribution in [0, 0.1) is 12.3 Å². The van der Waals surface area contributed by atoms with E-state index >= 15 is 0 Å². The molecular weight excluding hydrogens is 223 g/mol. The molecule has 1 aromatic carbocycles. The minimum Gasteiger partial charge on any atom is -0.293 e. The highest BCUT2D eigenvalue weighted by molar-refractivity contribution is 8.13. The van der Waals surface area contributed by atoms with Crippen molar-refractivity contribution in [2.75, 3.05) is 6.26 Å². The third-order valence-corrected chi connectivity index (χ3v) is 2.51. The van der Waals surface area contributed by atoms with Crippen LogP contribution in [0.15, 0.2) is 18.2 Å². The van der Waals surface area contributed by atoms with E-state index < -0.39 is 11.7 Å². The normalized spacial score (nSPS) is 11.5. The molecule has 1 aromatic rings. The second-order valence-corrected chi connectivity index (χ2v) is 3.94. The molecule has 15 heavy (non-hydrogen) atoms. The smallest absolute Gasteiger partial charge is 0.293 e. The summed E-state index contributed by atoms with van der Waals surface area (Å²) >= 11 is 1.12. The first-order chi connectivity index (χ1) is 6.84. The van der Waals surface area contributed by atoms with Crippen LogP contribution in [-0.2, 0) is 6.18 Å². The zero-order valence-electron chi connectivity index (χ0n) is 8.27. The Morgan fingerprint density at radius 2 is 1.87 bits per heavy atom. The molecule has 0 heterocycles. The maximum absolute atomic E-state index is 12.4. The summed E-state index contributed by atoms with van der Waals surface area (Å²) in [6.45, 7) is 1.59.